The summed E-state index contributed by atoms with van der Waals surface area (Å²) in [7, 11) is -3.52. The molecule has 1 amide bonds. The van der Waals surface area contributed by atoms with Gasteiger partial charge in [0.15, 0.2) is 9.84 Å². The van der Waals surface area contributed by atoms with E-state index < -0.39 is 34.2 Å². The lowest BCUT2D eigenvalue weighted by molar-refractivity contribution is -0.120. The van der Waals surface area contributed by atoms with Gasteiger partial charge in [0.2, 0.25) is 5.91 Å². The van der Waals surface area contributed by atoms with Gasteiger partial charge in [0.25, 0.3) is 0 Å². The van der Waals surface area contributed by atoms with Gasteiger partial charge in [-0.25, -0.2) is 8.42 Å². The third kappa shape index (κ3) is 7.57. The van der Waals surface area contributed by atoms with Crippen LogP contribution in [-0.2, 0) is 14.6 Å². The second-order valence-corrected chi connectivity index (χ2v) is 5.57. The van der Waals surface area contributed by atoms with Gasteiger partial charge in [0.1, 0.15) is 0 Å². The van der Waals surface area contributed by atoms with Crippen LogP contribution in [0, 0.1) is 0 Å². The van der Waals surface area contributed by atoms with Crippen molar-refractivity contribution in [1.82, 2.24) is 5.32 Å². The molecule has 1 atom stereocenters. The van der Waals surface area contributed by atoms with Crippen molar-refractivity contribution in [3.05, 3.63) is 0 Å². The molecule has 8 heteroatoms. The van der Waals surface area contributed by atoms with Gasteiger partial charge >= 0.3 is 0 Å². The maximum atomic E-state index is 11.3. The summed E-state index contributed by atoms with van der Waals surface area (Å²) in [6.07, 6.45) is -1.46. The molecule has 0 spiro atoms. The van der Waals surface area contributed by atoms with Gasteiger partial charge in [-0.2, -0.15) is 0 Å². The first-order valence-electron chi connectivity index (χ1n) is 4.87. The lowest BCUT2D eigenvalue weighted by atomic mass is 10.4. The number of rotatable bonds is 8. The predicted molar refractivity (Wildman–Crippen MR) is 58.4 cm³/mol. The van der Waals surface area contributed by atoms with Crippen LogP contribution in [0.3, 0.4) is 0 Å². The highest BCUT2D eigenvalue weighted by Gasteiger charge is 2.17. The molecular formula is C8H18N2O5S. The summed E-state index contributed by atoms with van der Waals surface area (Å²) in [5.74, 6) is -1.28. The Labute approximate surface area is 94.6 Å². The number of aliphatic hydroxyl groups excluding tert-OH is 2. The highest BCUT2D eigenvalue weighted by atomic mass is 32.2. The minimum absolute atomic E-state index is 0.166. The molecule has 1 unspecified atom stereocenters. The molecule has 0 aliphatic rings. The Hall–Kier alpha value is -0.700. The summed E-state index contributed by atoms with van der Waals surface area (Å²) in [5, 5.41) is 19.9. The zero-order chi connectivity index (χ0) is 12.6. The highest BCUT2D eigenvalue weighted by molar-refractivity contribution is 7.91. The van der Waals surface area contributed by atoms with E-state index >= 15 is 0 Å². The topological polar surface area (TPSA) is 130 Å². The van der Waals surface area contributed by atoms with Crippen LogP contribution in [-0.4, -0.2) is 61.8 Å². The Morgan fingerprint density at radius 2 is 2.06 bits per heavy atom. The molecule has 0 aromatic heterocycles. The summed E-state index contributed by atoms with van der Waals surface area (Å²) in [6, 6.07) is 0. The molecule has 0 aliphatic heterocycles. The van der Waals surface area contributed by atoms with Crippen molar-refractivity contribution in [3.8, 4) is 0 Å². The van der Waals surface area contributed by atoms with E-state index in [0.29, 0.717) is 13.1 Å². The number of nitrogens with one attached hydrogen (secondary N) is 1. The first-order valence-corrected chi connectivity index (χ1v) is 6.69. The predicted octanol–water partition coefficient (Wildman–Crippen LogP) is -2.78. The van der Waals surface area contributed by atoms with Crippen LogP contribution in [0.2, 0.25) is 0 Å². The monoisotopic (exact) mass is 254 g/mol. The third-order valence-corrected chi connectivity index (χ3v) is 3.48. The van der Waals surface area contributed by atoms with Crippen LogP contribution in [0.15, 0.2) is 0 Å². The van der Waals surface area contributed by atoms with Gasteiger partial charge in [-0.3, -0.25) is 4.79 Å². The molecule has 0 aliphatic carbocycles. The molecule has 0 rings (SSSR count). The fraction of sp³-hybridized carbons (Fsp3) is 0.875. The van der Waals surface area contributed by atoms with Crippen LogP contribution >= 0.6 is 0 Å². The van der Waals surface area contributed by atoms with E-state index in [2.05, 4.69) is 5.32 Å². The van der Waals surface area contributed by atoms with E-state index in [1.807, 2.05) is 0 Å². The maximum Gasteiger partial charge on any atom is 0.221 e. The van der Waals surface area contributed by atoms with E-state index in [1.165, 1.54) is 0 Å². The zero-order valence-corrected chi connectivity index (χ0v) is 9.74. The van der Waals surface area contributed by atoms with Crippen LogP contribution < -0.4 is 11.1 Å². The van der Waals surface area contributed by atoms with Gasteiger partial charge in [-0.05, 0) is 0 Å². The number of aliphatic hydroxyl groups is 2. The molecule has 96 valence electrons. The molecule has 0 aromatic carbocycles. The summed E-state index contributed by atoms with van der Waals surface area (Å²) < 4.78 is 22.6. The van der Waals surface area contributed by atoms with E-state index in [-0.39, 0.29) is 12.2 Å². The smallest absolute Gasteiger partial charge is 0.221 e. The van der Waals surface area contributed by atoms with Gasteiger partial charge < -0.3 is 21.3 Å². The number of carbonyl (C=O) groups is 1. The summed E-state index contributed by atoms with van der Waals surface area (Å²) in [5.41, 5.74) is 5.15. The summed E-state index contributed by atoms with van der Waals surface area (Å²) in [6.45, 7) is -0.0154. The Bertz CT molecular complexity index is 304. The van der Waals surface area contributed by atoms with Crippen LogP contribution in [0.4, 0.5) is 0 Å². The molecule has 5 N–H and O–H groups in total. The van der Waals surface area contributed by atoms with Crippen molar-refractivity contribution in [3.63, 3.8) is 0 Å². The molecule has 16 heavy (non-hydrogen) atoms. The highest BCUT2D eigenvalue weighted by Crippen LogP contribution is 1.97. The second-order valence-electron chi connectivity index (χ2n) is 3.34. The van der Waals surface area contributed by atoms with E-state index in [9.17, 15) is 13.2 Å². The Morgan fingerprint density at radius 3 is 2.56 bits per heavy atom. The number of nitrogens with two attached hydrogens (primary N) is 1. The molecule has 0 bridgehead atoms. The largest absolute Gasteiger partial charge is 0.394 e. The summed E-state index contributed by atoms with van der Waals surface area (Å²) in [4.78, 5) is 11.1. The molecule has 0 saturated carbocycles. The first kappa shape index (κ1) is 15.3. The quantitative estimate of drug-likeness (QED) is 0.371. The molecule has 0 heterocycles. The van der Waals surface area contributed by atoms with E-state index in [4.69, 9.17) is 15.9 Å². The molecule has 0 radical (unpaired) electrons. The average molecular weight is 254 g/mol. The van der Waals surface area contributed by atoms with Crippen molar-refractivity contribution in [1.29, 1.82) is 0 Å². The van der Waals surface area contributed by atoms with Gasteiger partial charge in [-0.1, -0.05) is 0 Å². The lowest BCUT2D eigenvalue weighted by Crippen LogP contribution is -2.32. The van der Waals surface area contributed by atoms with E-state index in [0.717, 1.165) is 0 Å². The Kier molecular flexibility index (Phi) is 7.22. The van der Waals surface area contributed by atoms with Crippen LogP contribution in [0.1, 0.15) is 6.42 Å². The van der Waals surface area contributed by atoms with Gasteiger partial charge in [-0.15, -0.1) is 0 Å². The lowest BCUT2D eigenvalue weighted by Gasteiger charge is -2.08. The van der Waals surface area contributed by atoms with Crippen molar-refractivity contribution in [2.75, 3.05) is 31.2 Å². The average Bonchev–Trinajstić information content (AvgIpc) is 2.23. The van der Waals surface area contributed by atoms with E-state index in [1.54, 1.807) is 0 Å². The van der Waals surface area contributed by atoms with Crippen molar-refractivity contribution < 1.29 is 23.4 Å². The zero-order valence-electron chi connectivity index (χ0n) is 8.92. The van der Waals surface area contributed by atoms with Crippen molar-refractivity contribution in [2.45, 2.75) is 12.5 Å². The minimum atomic E-state index is -3.52. The second kappa shape index (κ2) is 7.55. The SMILES string of the molecule is NCCNC(=O)CCS(=O)(=O)CC(O)CO. The van der Waals surface area contributed by atoms with Gasteiger partial charge in [0.05, 0.1) is 24.2 Å². The summed E-state index contributed by atoms with van der Waals surface area (Å²) >= 11 is 0. The fourth-order valence-corrected chi connectivity index (χ4v) is 2.33. The normalized spacial score (nSPS) is 13.4. The maximum absolute atomic E-state index is 11.3. The van der Waals surface area contributed by atoms with Crippen LogP contribution in [0.5, 0.6) is 0 Å². The number of hydrogen-bond acceptors (Lipinski definition) is 6. The fourth-order valence-electron chi connectivity index (χ4n) is 0.977. The Balaban J connectivity index is 3.95. The number of hydrogen-bond donors (Lipinski definition) is 4. The number of carbonyl (C=O) groups excluding carboxylic acids is 1. The minimum Gasteiger partial charge on any atom is -0.394 e. The van der Waals surface area contributed by atoms with Crippen molar-refractivity contribution >= 4 is 15.7 Å². The molecular weight excluding hydrogens is 236 g/mol. The molecule has 0 saturated heterocycles. The standard InChI is InChI=1S/C8H18N2O5S/c9-2-3-10-8(13)1-4-16(14,15)6-7(12)5-11/h7,11-12H,1-6,9H2,(H,10,13). The molecule has 0 fully saturated rings. The number of sulfone groups is 1. The third-order valence-electron chi connectivity index (χ3n) is 1.76. The first-order chi connectivity index (χ1) is 7.41. The van der Waals surface area contributed by atoms with Crippen molar-refractivity contribution in [2.24, 2.45) is 5.73 Å². The Morgan fingerprint density at radius 1 is 1.44 bits per heavy atom. The van der Waals surface area contributed by atoms with Gasteiger partial charge in [0, 0.05) is 19.5 Å². The molecule has 7 nitrogen and oxygen atoms in total. The molecule has 0 aromatic rings. The van der Waals surface area contributed by atoms with Crippen LogP contribution in [0.25, 0.3) is 0 Å². The number of amides is 1.